The van der Waals surface area contributed by atoms with Crippen LogP contribution in [0, 0.1) is 0 Å². The van der Waals surface area contributed by atoms with Crippen molar-refractivity contribution in [2.75, 3.05) is 76.0 Å². The van der Waals surface area contributed by atoms with Crippen LogP contribution < -0.4 is 19.6 Å². The molecule has 0 heterocycles. The van der Waals surface area contributed by atoms with Crippen LogP contribution in [-0.2, 0) is 15.9 Å². The van der Waals surface area contributed by atoms with Crippen LogP contribution in [0.2, 0.25) is 0 Å². The molecule has 0 saturated carbocycles. The van der Waals surface area contributed by atoms with Gasteiger partial charge in [-0.1, -0.05) is 0 Å². The van der Waals surface area contributed by atoms with Gasteiger partial charge in [-0.15, -0.1) is 0 Å². The molecular weight excluding hydrogens is 566 g/mol. The van der Waals surface area contributed by atoms with Crippen LogP contribution in [0.15, 0.2) is 36.4 Å². The molecule has 0 spiro atoms. The molecule has 0 radical (unpaired) electrons. The van der Waals surface area contributed by atoms with Crippen molar-refractivity contribution in [2.24, 2.45) is 0 Å². The zero-order chi connectivity index (χ0) is 26.8. The number of nitrogens with zero attached hydrogens (tertiary/aromatic N) is 4. The van der Waals surface area contributed by atoms with E-state index in [-0.39, 0.29) is 7.25 Å². The molecule has 4 rings (SSSR count). The molecule has 2 aliphatic carbocycles. The predicted octanol–water partition coefficient (Wildman–Crippen LogP) is 7.00. The van der Waals surface area contributed by atoms with E-state index in [1.54, 1.807) is 0 Å². The van der Waals surface area contributed by atoms with Crippen LogP contribution in [0.5, 0.6) is 0 Å². The Morgan fingerprint density at radius 3 is 1.17 bits per heavy atom. The Kier molecular flexibility index (Phi) is 7.12. The Morgan fingerprint density at radius 1 is 0.583 bits per heavy atom. The molecule has 2 aromatic carbocycles. The number of fused-ring (bicyclic) bond motifs is 2. The molecule has 2 aromatic rings. The van der Waals surface area contributed by atoms with Gasteiger partial charge in [0, 0.05) is 0 Å². The van der Waals surface area contributed by atoms with E-state index in [1.807, 2.05) is 0 Å². The standard InChI is InChI=1S/2C13H17N2.C3H6.2ClH.Zr/c2*1-14(2)12-8-9-13(15(3)4)11-7-5-6-10(11)12;1-3-2;;;/h2*5-9H,1-4H3;1-2H3;2*1H;/q;;;;;+2/p-2. The summed E-state index contributed by atoms with van der Waals surface area (Å²) >= 11 is -4.87. The molecule has 7 heteroatoms. The molecule has 36 heavy (non-hydrogen) atoms. The third-order valence-electron chi connectivity index (χ3n) is 8.04. The van der Waals surface area contributed by atoms with Gasteiger partial charge in [-0.05, 0) is 0 Å². The second-order valence-corrected chi connectivity index (χ2v) is 33.2. The first-order valence-electron chi connectivity index (χ1n) is 12.5. The van der Waals surface area contributed by atoms with Crippen molar-refractivity contribution in [3.63, 3.8) is 0 Å². The van der Waals surface area contributed by atoms with Crippen LogP contribution in [0.25, 0.3) is 12.2 Å². The van der Waals surface area contributed by atoms with Crippen LogP contribution in [-0.4, -0.2) is 59.6 Å². The van der Waals surface area contributed by atoms with Crippen molar-refractivity contribution < 1.29 is 15.9 Å². The molecule has 0 aromatic heterocycles. The summed E-state index contributed by atoms with van der Waals surface area (Å²) in [5, 5.41) is 0. The Balaban J connectivity index is 2.07. The number of anilines is 4. The maximum atomic E-state index is 8.19. The summed E-state index contributed by atoms with van der Waals surface area (Å²) in [6.45, 7) is 4.33. The monoisotopic (exact) mass is 604 g/mol. The van der Waals surface area contributed by atoms with Gasteiger partial charge in [-0.2, -0.15) is 0 Å². The van der Waals surface area contributed by atoms with Crippen LogP contribution in [0.3, 0.4) is 0 Å². The van der Waals surface area contributed by atoms with E-state index in [4.69, 9.17) is 17.0 Å². The average molecular weight is 607 g/mol. The fraction of sp³-hybridized carbons (Fsp3) is 0.414. The molecule has 0 bridgehead atoms. The summed E-state index contributed by atoms with van der Waals surface area (Å²) in [4.78, 5) is 8.75. The quantitative estimate of drug-likeness (QED) is 0.351. The van der Waals surface area contributed by atoms with Gasteiger partial charge in [0.1, 0.15) is 0 Å². The molecule has 0 aliphatic heterocycles. The second kappa shape index (κ2) is 9.33. The fourth-order valence-corrected chi connectivity index (χ4v) is 20.7. The molecule has 4 nitrogen and oxygen atoms in total. The minimum absolute atomic E-state index is 0.0364. The number of halogens is 2. The van der Waals surface area contributed by atoms with E-state index in [1.165, 1.54) is 48.2 Å². The number of hydrogen-bond donors (Lipinski definition) is 0. The zero-order valence-corrected chi connectivity index (χ0v) is 27.3. The summed E-state index contributed by atoms with van der Waals surface area (Å²) in [6, 6.07) is 8.84. The van der Waals surface area contributed by atoms with Gasteiger partial charge in [0.05, 0.1) is 0 Å². The Labute approximate surface area is 225 Å². The third-order valence-corrected chi connectivity index (χ3v) is 30.7. The number of hydrogen-bond acceptors (Lipinski definition) is 4. The fourth-order valence-electron chi connectivity index (χ4n) is 6.07. The Hall–Kier alpha value is -1.55. The number of benzene rings is 2. The van der Waals surface area contributed by atoms with E-state index >= 15 is 0 Å². The van der Waals surface area contributed by atoms with Gasteiger partial charge in [-0.3, -0.25) is 0 Å². The third kappa shape index (κ3) is 3.92. The summed E-state index contributed by atoms with van der Waals surface area (Å²) in [5.41, 5.74) is 9.75. The Bertz CT molecular complexity index is 1250. The van der Waals surface area contributed by atoms with Gasteiger partial charge in [0.15, 0.2) is 0 Å². The first-order chi connectivity index (χ1) is 16.7. The molecule has 0 saturated heterocycles. The summed E-state index contributed by atoms with van der Waals surface area (Å²) in [5.74, 6) is 0. The van der Waals surface area contributed by atoms with E-state index < -0.39 is 15.9 Å². The molecular formula is C29H40Cl2N4Zr. The van der Waals surface area contributed by atoms with Crippen molar-refractivity contribution in [2.45, 2.75) is 21.1 Å². The van der Waals surface area contributed by atoms with Crippen molar-refractivity contribution in [1.82, 2.24) is 0 Å². The molecule has 0 amide bonds. The van der Waals surface area contributed by atoms with Gasteiger partial charge < -0.3 is 0 Å². The molecule has 0 N–H and O–H groups in total. The van der Waals surface area contributed by atoms with Gasteiger partial charge in [0.2, 0.25) is 0 Å². The van der Waals surface area contributed by atoms with Crippen molar-refractivity contribution in [1.29, 1.82) is 0 Å². The van der Waals surface area contributed by atoms with Crippen molar-refractivity contribution in [3.05, 3.63) is 58.7 Å². The van der Waals surface area contributed by atoms with E-state index in [2.05, 4.69) is 138 Å². The van der Waals surface area contributed by atoms with Crippen molar-refractivity contribution >= 4 is 55.1 Å². The maximum absolute atomic E-state index is 8.19. The SMILES string of the molecule is C[C](C)=[Zr]([Cl])([Cl])([CH]1C=Cc2c(N(C)C)ccc(N(C)C)c21)[CH]1C=Cc2c(N(C)C)ccc(N(C)C)c21. The summed E-state index contributed by atoms with van der Waals surface area (Å²) in [7, 11) is 33.2. The van der Waals surface area contributed by atoms with Gasteiger partial charge >= 0.3 is 227 Å². The van der Waals surface area contributed by atoms with Crippen LogP contribution in [0.1, 0.15) is 43.4 Å². The zero-order valence-electron chi connectivity index (χ0n) is 23.3. The van der Waals surface area contributed by atoms with E-state index in [0.29, 0.717) is 0 Å². The van der Waals surface area contributed by atoms with Gasteiger partial charge in [0.25, 0.3) is 0 Å². The first-order valence-corrected chi connectivity index (χ1v) is 22.9. The normalized spacial score (nSPS) is 18.2. The van der Waals surface area contributed by atoms with E-state index in [9.17, 15) is 0 Å². The molecule has 2 aliphatic rings. The van der Waals surface area contributed by atoms with Crippen molar-refractivity contribution in [3.8, 4) is 0 Å². The van der Waals surface area contributed by atoms with E-state index in [0.717, 1.165) is 0 Å². The predicted molar refractivity (Wildman–Crippen MR) is 162 cm³/mol. The number of allylic oxidation sites excluding steroid dienone is 2. The molecule has 2 atom stereocenters. The second-order valence-electron chi connectivity index (χ2n) is 11.3. The minimum atomic E-state index is -4.87. The topological polar surface area (TPSA) is 13.0 Å². The van der Waals surface area contributed by atoms with Crippen LogP contribution >= 0.6 is 17.0 Å². The van der Waals surface area contributed by atoms with Crippen LogP contribution in [0.4, 0.5) is 22.7 Å². The summed E-state index contributed by atoms with van der Waals surface area (Å²) < 4.78 is 1.11. The average Bonchev–Trinajstić information content (AvgIpc) is 3.43. The van der Waals surface area contributed by atoms with Gasteiger partial charge in [-0.25, -0.2) is 0 Å². The molecule has 2 unspecified atom stereocenters. The molecule has 194 valence electrons. The summed E-state index contributed by atoms with van der Waals surface area (Å²) in [6.07, 6.45) is 9.12. The first kappa shape index (κ1) is 27.5. The number of rotatable bonds is 6. The Morgan fingerprint density at radius 2 is 0.889 bits per heavy atom. The molecule has 0 fully saturated rings.